The molecule has 0 aromatic heterocycles. The van der Waals surface area contributed by atoms with Gasteiger partial charge in [0.2, 0.25) is 0 Å². The standard InChI is InChI=1S/C11H20N2O3/c14-11(13-3-7-16-8-4-13)12-9-10-1-5-15-6-2-10/h10H,1-9H2,(H,12,14). The first-order valence-electron chi connectivity index (χ1n) is 6.04. The second-order valence-electron chi connectivity index (χ2n) is 4.34. The summed E-state index contributed by atoms with van der Waals surface area (Å²) in [5.74, 6) is 0.582. The lowest BCUT2D eigenvalue weighted by molar-refractivity contribution is 0.0502. The van der Waals surface area contributed by atoms with E-state index in [0.717, 1.165) is 32.6 Å². The lowest BCUT2D eigenvalue weighted by Gasteiger charge is -2.28. The molecule has 2 amide bonds. The number of urea groups is 1. The molecule has 0 radical (unpaired) electrons. The molecule has 0 aromatic rings. The van der Waals surface area contributed by atoms with E-state index in [2.05, 4.69) is 5.32 Å². The Morgan fingerprint density at radius 2 is 1.75 bits per heavy atom. The molecule has 0 aromatic carbocycles. The van der Waals surface area contributed by atoms with E-state index in [4.69, 9.17) is 9.47 Å². The number of ether oxygens (including phenoxy) is 2. The first kappa shape index (κ1) is 11.7. The van der Waals surface area contributed by atoms with Gasteiger partial charge in [-0.2, -0.15) is 0 Å². The minimum absolute atomic E-state index is 0.0507. The van der Waals surface area contributed by atoms with Crippen LogP contribution in [0.1, 0.15) is 12.8 Å². The van der Waals surface area contributed by atoms with Crippen molar-refractivity contribution in [2.24, 2.45) is 5.92 Å². The SMILES string of the molecule is O=C(NCC1CCOCC1)N1CCOCC1. The molecule has 16 heavy (non-hydrogen) atoms. The predicted octanol–water partition coefficient (Wildman–Crippen LogP) is 0.455. The summed E-state index contributed by atoms with van der Waals surface area (Å²) in [6, 6.07) is 0.0507. The van der Waals surface area contributed by atoms with Gasteiger partial charge in [0.05, 0.1) is 13.2 Å². The monoisotopic (exact) mass is 228 g/mol. The highest BCUT2D eigenvalue weighted by Gasteiger charge is 2.19. The van der Waals surface area contributed by atoms with Gasteiger partial charge < -0.3 is 19.7 Å². The van der Waals surface area contributed by atoms with Gasteiger partial charge in [-0.25, -0.2) is 4.79 Å². The Kier molecular flexibility index (Phi) is 4.42. The van der Waals surface area contributed by atoms with Crippen molar-refractivity contribution in [1.29, 1.82) is 0 Å². The highest BCUT2D eigenvalue weighted by molar-refractivity contribution is 5.74. The first-order chi connectivity index (χ1) is 7.86. The molecule has 1 N–H and O–H groups in total. The van der Waals surface area contributed by atoms with Gasteiger partial charge in [0, 0.05) is 32.8 Å². The lowest BCUT2D eigenvalue weighted by Crippen LogP contribution is -2.47. The smallest absolute Gasteiger partial charge is 0.317 e. The highest BCUT2D eigenvalue weighted by atomic mass is 16.5. The molecule has 0 atom stereocenters. The van der Waals surface area contributed by atoms with Crippen LogP contribution in [-0.4, -0.2) is 57.0 Å². The van der Waals surface area contributed by atoms with Crippen LogP contribution in [0.5, 0.6) is 0 Å². The van der Waals surface area contributed by atoms with Crippen LogP contribution >= 0.6 is 0 Å². The molecular formula is C11H20N2O3. The number of nitrogens with one attached hydrogen (secondary N) is 1. The molecule has 0 spiro atoms. The fraction of sp³-hybridized carbons (Fsp3) is 0.909. The molecule has 2 heterocycles. The Bertz CT molecular complexity index is 223. The van der Waals surface area contributed by atoms with E-state index in [0.29, 0.717) is 32.2 Å². The van der Waals surface area contributed by atoms with Crippen molar-refractivity contribution >= 4 is 6.03 Å². The van der Waals surface area contributed by atoms with Gasteiger partial charge in [0.15, 0.2) is 0 Å². The molecule has 5 nitrogen and oxygen atoms in total. The number of hydrogen-bond acceptors (Lipinski definition) is 3. The van der Waals surface area contributed by atoms with E-state index in [1.54, 1.807) is 0 Å². The summed E-state index contributed by atoms with van der Waals surface area (Å²) in [5, 5.41) is 3.00. The van der Waals surface area contributed by atoms with Crippen molar-refractivity contribution in [1.82, 2.24) is 10.2 Å². The molecule has 0 aliphatic carbocycles. The first-order valence-corrected chi connectivity index (χ1v) is 6.04. The minimum atomic E-state index is 0.0507. The Morgan fingerprint density at radius 1 is 1.12 bits per heavy atom. The molecule has 2 aliphatic heterocycles. The maximum absolute atomic E-state index is 11.8. The summed E-state index contributed by atoms with van der Waals surface area (Å²) in [6.07, 6.45) is 2.12. The van der Waals surface area contributed by atoms with Gasteiger partial charge in [-0.15, -0.1) is 0 Å². The average Bonchev–Trinajstić information content (AvgIpc) is 2.38. The van der Waals surface area contributed by atoms with Gasteiger partial charge >= 0.3 is 6.03 Å². The van der Waals surface area contributed by atoms with E-state index in [1.165, 1.54) is 0 Å². The Labute approximate surface area is 96.1 Å². The molecule has 2 fully saturated rings. The van der Waals surface area contributed by atoms with Crippen LogP contribution in [0.4, 0.5) is 4.79 Å². The van der Waals surface area contributed by atoms with Crippen molar-refractivity contribution in [3.63, 3.8) is 0 Å². The molecule has 2 rings (SSSR count). The quantitative estimate of drug-likeness (QED) is 0.747. The third-order valence-electron chi connectivity index (χ3n) is 3.18. The van der Waals surface area contributed by atoms with Crippen LogP contribution in [0.15, 0.2) is 0 Å². The molecule has 5 heteroatoms. The average molecular weight is 228 g/mol. The Morgan fingerprint density at radius 3 is 2.44 bits per heavy atom. The normalized spacial score (nSPS) is 23.1. The summed E-state index contributed by atoms with van der Waals surface area (Å²) < 4.78 is 10.5. The van der Waals surface area contributed by atoms with E-state index in [9.17, 15) is 4.79 Å². The molecule has 0 unspecified atom stereocenters. The van der Waals surface area contributed by atoms with Crippen LogP contribution in [-0.2, 0) is 9.47 Å². The molecule has 2 saturated heterocycles. The summed E-state index contributed by atoms with van der Waals surface area (Å²) in [4.78, 5) is 13.6. The van der Waals surface area contributed by atoms with Crippen LogP contribution in [0.3, 0.4) is 0 Å². The number of carbonyl (C=O) groups is 1. The molecule has 0 saturated carbocycles. The molecular weight excluding hydrogens is 208 g/mol. The zero-order chi connectivity index (χ0) is 11.2. The second kappa shape index (κ2) is 6.06. The van der Waals surface area contributed by atoms with Gasteiger partial charge in [-0.1, -0.05) is 0 Å². The van der Waals surface area contributed by atoms with E-state index >= 15 is 0 Å². The fourth-order valence-corrected chi connectivity index (χ4v) is 2.06. The lowest BCUT2D eigenvalue weighted by atomic mass is 10.0. The Balaban J connectivity index is 1.65. The fourth-order valence-electron chi connectivity index (χ4n) is 2.06. The second-order valence-corrected chi connectivity index (χ2v) is 4.34. The minimum Gasteiger partial charge on any atom is -0.381 e. The number of carbonyl (C=O) groups excluding carboxylic acids is 1. The number of rotatable bonds is 2. The van der Waals surface area contributed by atoms with E-state index < -0.39 is 0 Å². The van der Waals surface area contributed by atoms with Crippen molar-refractivity contribution in [3.05, 3.63) is 0 Å². The van der Waals surface area contributed by atoms with Crippen molar-refractivity contribution in [2.75, 3.05) is 46.1 Å². The zero-order valence-electron chi connectivity index (χ0n) is 9.61. The summed E-state index contributed by atoms with van der Waals surface area (Å²) in [7, 11) is 0. The molecule has 2 aliphatic rings. The summed E-state index contributed by atoms with van der Waals surface area (Å²) >= 11 is 0. The zero-order valence-corrected chi connectivity index (χ0v) is 9.61. The number of morpholine rings is 1. The number of nitrogens with zero attached hydrogens (tertiary/aromatic N) is 1. The van der Waals surface area contributed by atoms with Crippen molar-refractivity contribution in [3.8, 4) is 0 Å². The summed E-state index contributed by atoms with van der Waals surface area (Å²) in [6.45, 7) is 5.17. The van der Waals surface area contributed by atoms with Crippen molar-refractivity contribution in [2.45, 2.75) is 12.8 Å². The predicted molar refractivity (Wildman–Crippen MR) is 59.3 cm³/mol. The topological polar surface area (TPSA) is 50.8 Å². The number of amides is 2. The Hall–Kier alpha value is -0.810. The highest BCUT2D eigenvalue weighted by Crippen LogP contribution is 2.13. The van der Waals surface area contributed by atoms with E-state index in [1.807, 2.05) is 4.90 Å². The van der Waals surface area contributed by atoms with E-state index in [-0.39, 0.29) is 6.03 Å². The van der Waals surface area contributed by atoms with Gasteiger partial charge in [0.1, 0.15) is 0 Å². The largest absolute Gasteiger partial charge is 0.381 e. The van der Waals surface area contributed by atoms with Crippen LogP contribution in [0.25, 0.3) is 0 Å². The van der Waals surface area contributed by atoms with Crippen LogP contribution in [0, 0.1) is 5.92 Å². The third-order valence-corrected chi connectivity index (χ3v) is 3.18. The van der Waals surface area contributed by atoms with Crippen molar-refractivity contribution < 1.29 is 14.3 Å². The summed E-state index contributed by atoms with van der Waals surface area (Å²) in [5.41, 5.74) is 0. The maximum Gasteiger partial charge on any atom is 0.317 e. The molecule has 0 bridgehead atoms. The van der Waals surface area contributed by atoms with Gasteiger partial charge in [0.25, 0.3) is 0 Å². The maximum atomic E-state index is 11.8. The third kappa shape index (κ3) is 3.35. The van der Waals surface area contributed by atoms with Gasteiger partial charge in [-0.05, 0) is 18.8 Å². The number of hydrogen-bond donors (Lipinski definition) is 1. The van der Waals surface area contributed by atoms with Gasteiger partial charge in [-0.3, -0.25) is 0 Å². The van der Waals surface area contributed by atoms with Crippen LogP contribution in [0.2, 0.25) is 0 Å². The molecule has 92 valence electrons. The van der Waals surface area contributed by atoms with Crippen LogP contribution < -0.4 is 5.32 Å².